The Morgan fingerprint density at radius 2 is 0.927 bits per heavy atom. The molecule has 0 fully saturated rings. The van der Waals surface area contributed by atoms with Gasteiger partial charge in [0.25, 0.3) is 0 Å². The van der Waals surface area contributed by atoms with E-state index in [-0.39, 0.29) is 5.41 Å². The molecule has 1 spiro atoms. The van der Waals surface area contributed by atoms with E-state index in [4.69, 9.17) is 9.97 Å². The normalized spacial score (nSPS) is 13.6. The van der Waals surface area contributed by atoms with Gasteiger partial charge in [-0.25, -0.2) is 9.97 Å². The molecule has 0 N–H and O–H groups in total. The Morgan fingerprint density at radius 1 is 0.390 bits per heavy atom. The summed E-state index contributed by atoms with van der Waals surface area (Å²) in [5.74, 6) is 0.746. The number of benzene rings is 6. The Morgan fingerprint density at radius 3 is 1.59 bits per heavy atom. The van der Waals surface area contributed by atoms with Crippen molar-refractivity contribution in [3.05, 3.63) is 168 Å². The molecule has 2 nitrogen and oxygen atoms in total. The van der Waals surface area contributed by atoms with Crippen molar-refractivity contribution in [1.82, 2.24) is 9.97 Å². The molecular formula is C39H24N2. The van der Waals surface area contributed by atoms with Gasteiger partial charge in [0.2, 0.25) is 0 Å². The molecule has 0 aliphatic heterocycles. The molecule has 1 heterocycles. The van der Waals surface area contributed by atoms with E-state index in [1.807, 2.05) is 6.07 Å². The summed E-state index contributed by atoms with van der Waals surface area (Å²) in [5, 5.41) is 1.06. The highest BCUT2D eigenvalue weighted by molar-refractivity contribution is 5.97. The predicted octanol–water partition coefficient (Wildman–Crippen LogP) is 9.31. The summed E-state index contributed by atoms with van der Waals surface area (Å²) < 4.78 is 0. The molecule has 41 heavy (non-hydrogen) atoms. The summed E-state index contributed by atoms with van der Waals surface area (Å²) in [7, 11) is 0. The Hall–Kier alpha value is -5.34. The zero-order valence-electron chi connectivity index (χ0n) is 22.3. The van der Waals surface area contributed by atoms with Crippen molar-refractivity contribution < 1.29 is 0 Å². The Labute approximate surface area is 238 Å². The van der Waals surface area contributed by atoms with E-state index in [0.29, 0.717) is 0 Å². The Bertz CT molecular complexity index is 2100. The van der Waals surface area contributed by atoms with Crippen LogP contribution in [-0.4, -0.2) is 9.97 Å². The van der Waals surface area contributed by atoms with Crippen molar-refractivity contribution >= 4 is 10.9 Å². The number of aromatic nitrogens is 2. The van der Waals surface area contributed by atoms with Crippen LogP contribution in [0.15, 0.2) is 146 Å². The van der Waals surface area contributed by atoms with Crippen molar-refractivity contribution in [1.29, 1.82) is 0 Å². The van der Waals surface area contributed by atoms with Crippen LogP contribution in [0.3, 0.4) is 0 Å². The lowest BCUT2D eigenvalue weighted by Gasteiger charge is -2.30. The molecule has 9 rings (SSSR count). The van der Waals surface area contributed by atoms with E-state index in [2.05, 4.69) is 140 Å². The van der Waals surface area contributed by atoms with Crippen LogP contribution in [-0.2, 0) is 5.41 Å². The highest BCUT2D eigenvalue weighted by Crippen LogP contribution is 2.62. The highest BCUT2D eigenvalue weighted by Gasteiger charge is 2.51. The van der Waals surface area contributed by atoms with Crippen LogP contribution in [0.4, 0.5) is 0 Å². The van der Waals surface area contributed by atoms with E-state index in [1.54, 1.807) is 0 Å². The number of fused-ring (bicyclic) bond motifs is 11. The molecule has 0 bridgehead atoms. The average molecular weight is 521 g/mol. The van der Waals surface area contributed by atoms with Crippen LogP contribution in [0.2, 0.25) is 0 Å². The van der Waals surface area contributed by atoms with E-state index in [0.717, 1.165) is 33.5 Å². The maximum absolute atomic E-state index is 5.21. The third-order valence-electron chi connectivity index (χ3n) is 8.91. The minimum Gasteiger partial charge on any atom is -0.228 e. The van der Waals surface area contributed by atoms with E-state index in [9.17, 15) is 0 Å². The number of hydrogen-bond donors (Lipinski definition) is 0. The van der Waals surface area contributed by atoms with Crippen molar-refractivity contribution in [3.8, 4) is 44.9 Å². The van der Waals surface area contributed by atoms with Crippen LogP contribution >= 0.6 is 0 Å². The minimum atomic E-state index is -0.381. The van der Waals surface area contributed by atoms with Gasteiger partial charge in [-0.05, 0) is 56.6 Å². The van der Waals surface area contributed by atoms with Gasteiger partial charge in [0, 0.05) is 16.5 Å². The summed E-state index contributed by atoms with van der Waals surface area (Å²) >= 11 is 0. The summed E-state index contributed by atoms with van der Waals surface area (Å²) in [6.45, 7) is 0. The molecule has 0 atom stereocenters. The van der Waals surface area contributed by atoms with Crippen LogP contribution < -0.4 is 0 Å². The van der Waals surface area contributed by atoms with Crippen LogP contribution in [0, 0.1) is 0 Å². The topological polar surface area (TPSA) is 25.8 Å². The molecule has 0 unspecified atom stereocenters. The van der Waals surface area contributed by atoms with Crippen molar-refractivity contribution in [2.45, 2.75) is 5.41 Å². The molecule has 0 saturated heterocycles. The van der Waals surface area contributed by atoms with Gasteiger partial charge in [0.1, 0.15) is 0 Å². The predicted molar refractivity (Wildman–Crippen MR) is 167 cm³/mol. The molecule has 1 aromatic heterocycles. The Balaban J connectivity index is 1.35. The van der Waals surface area contributed by atoms with Gasteiger partial charge in [0.15, 0.2) is 5.82 Å². The molecule has 2 aliphatic rings. The van der Waals surface area contributed by atoms with Gasteiger partial charge in [-0.15, -0.1) is 0 Å². The zero-order valence-corrected chi connectivity index (χ0v) is 22.3. The van der Waals surface area contributed by atoms with Crippen molar-refractivity contribution in [2.75, 3.05) is 0 Å². The van der Waals surface area contributed by atoms with Crippen LogP contribution in [0.5, 0.6) is 0 Å². The van der Waals surface area contributed by atoms with Gasteiger partial charge in [-0.3, -0.25) is 0 Å². The largest absolute Gasteiger partial charge is 0.228 e. The quantitative estimate of drug-likeness (QED) is 0.227. The molecule has 0 saturated carbocycles. The monoisotopic (exact) mass is 520 g/mol. The number of rotatable bonds is 2. The van der Waals surface area contributed by atoms with Crippen LogP contribution in [0.25, 0.3) is 55.8 Å². The van der Waals surface area contributed by atoms with Crippen molar-refractivity contribution in [2.24, 2.45) is 0 Å². The summed E-state index contributed by atoms with van der Waals surface area (Å²) in [5.41, 5.74) is 14.2. The summed E-state index contributed by atoms with van der Waals surface area (Å²) in [6, 6.07) is 52.3. The first-order chi connectivity index (χ1) is 20.3. The van der Waals surface area contributed by atoms with Gasteiger partial charge >= 0.3 is 0 Å². The molecular weight excluding hydrogens is 496 g/mol. The fourth-order valence-corrected chi connectivity index (χ4v) is 7.26. The standard InChI is InChI=1S/C39H24N2/c1-2-12-25(13-3-1)37-31-17-7-11-21-36(31)40-38(41-37)26-22-23-30-29-16-6-10-20-34(29)39(35(30)24-26)32-18-8-4-14-27(32)28-15-5-9-19-33(28)39/h1-24H. The lowest BCUT2D eigenvalue weighted by atomic mass is 9.70. The second-order valence-electron chi connectivity index (χ2n) is 10.9. The van der Waals surface area contributed by atoms with Crippen LogP contribution in [0.1, 0.15) is 22.3 Å². The van der Waals surface area contributed by atoms with Gasteiger partial charge < -0.3 is 0 Å². The van der Waals surface area contributed by atoms with E-state index in [1.165, 1.54) is 44.5 Å². The first-order valence-electron chi connectivity index (χ1n) is 14.1. The number of nitrogens with zero attached hydrogens (tertiary/aromatic N) is 2. The molecule has 2 aliphatic carbocycles. The molecule has 6 aromatic carbocycles. The third kappa shape index (κ3) is 2.97. The fraction of sp³-hybridized carbons (Fsp3) is 0.0256. The maximum Gasteiger partial charge on any atom is 0.160 e. The number of para-hydroxylation sites is 1. The van der Waals surface area contributed by atoms with E-state index >= 15 is 0 Å². The van der Waals surface area contributed by atoms with Crippen molar-refractivity contribution in [3.63, 3.8) is 0 Å². The minimum absolute atomic E-state index is 0.381. The first-order valence-corrected chi connectivity index (χ1v) is 14.1. The second-order valence-corrected chi connectivity index (χ2v) is 10.9. The smallest absolute Gasteiger partial charge is 0.160 e. The number of hydrogen-bond acceptors (Lipinski definition) is 2. The SMILES string of the molecule is c1ccc(-c2nc(-c3ccc4c(c3)C3(c5ccccc5-c5ccccc53)c3ccccc3-4)nc3ccccc23)cc1. The molecule has 2 heteroatoms. The molecule has 7 aromatic rings. The molecule has 0 radical (unpaired) electrons. The second kappa shape index (κ2) is 8.33. The fourth-order valence-electron chi connectivity index (χ4n) is 7.26. The van der Waals surface area contributed by atoms with E-state index < -0.39 is 0 Å². The highest BCUT2D eigenvalue weighted by atomic mass is 14.9. The average Bonchev–Trinajstić information content (AvgIpc) is 3.52. The third-order valence-corrected chi connectivity index (χ3v) is 8.91. The molecule has 0 amide bonds. The summed E-state index contributed by atoms with van der Waals surface area (Å²) in [4.78, 5) is 10.3. The molecule has 190 valence electrons. The summed E-state index contributed by atoms with van der Waals surface area (Å²) in [6.07, 6.45) is 0. The lowest BCUT2D eigenvalue weighted by molar-refractivity contribution is 0.794. The first kappa shape index (κ1) is 22.5. The van der Waals surface area contributed by atoms with Gasteiger partial charge in [-0.1, -0.05) is 133 Å². The Kier molecular flexibility index (Phi) is 4.57. The van der Waals surface area contributed by atoms with Gasteiger partial charge in [0.05, 0.1) is 16.6 Å². The zero-order chi connectivity index (χ0) is 27.0. The maximum atomic E-state index is 5.21. The van der Waals surface area contributed by atoms with Gasteiger partial charge in [-0.2, -0.15) is 0 Å². The lowest BCUT2D eigenvalue weighted by Crippen LogP contribution is -2.25.